The van der Waals surface area contributed by atoms with E-state index in [9.17, 15) is 4.79 Å². The predicted molar refractivity (Wildman–Crippen MR) is 82.3 cm³/mol. The third-order valence-corrected chi connectivity index (χ3v) is 4.14. The Bertz CT molecular complexity index is 514. The number of nitrogens with one attached hydrogen (secondary N) is 1. The number of aromatic nitrogens is 1. The highest BCUT2D eigenvalue weighted by Gasteiger charge is 2.30. The van der Waals surface area contributed by atoms with Gasteiger partial charge in [0.05, 0.1) is 0 Å². The average Bonchev–Trinajstić information content (AvgIpc) is 2.73. The molecule has 20 heavy (non-hydrogen) atoms. The molecule has 0 spiro atoms. The molecule has 0 bridgehead atoms. The Kier molecular flexibility index (Phi) is 4.10. The Balaban J connectivity index is 2.24. The van der Waals surface area contributed by atoms with E-state index in [1.807, 2.05) is 6.07 Å². The Morgan fingerprint density at radius 1 is 1.30 bits per heavy atom. The molecule has 0 radical (unpaired) electrons. The zero-order valence-electron chi connectivity index (χ0n) is 12.7. The SMILES string of the molecule is CC1(NC(=O)c2cc(Cl)nc(C(C)(C)C)c2)CCCC1. The van der Waals surface area contributed by atoms with Crippen LogP contribution in [0.1, 0.15) is 69.4 Å². The van der Waals surface area contributed by atoms with Crippen LogP contribution in [0.5, 0.6) is 0 Å². The molecule has 0 aliphatic heterocycles. The fourth-order valence-electron chi connectivity index (χ4n) is 2.64. The second-order valence-corrected chi connectivity index (χ2v) is 7.42. The van der Waals surface area contributed by atoms with Crippen molar-refractivity contribution in [2.75, 3.05) is 0 Å². The van der Waals surface area contributed by atoms with E-state index >= 15 is 0 Å². The van der Waals surface area contributed by atoms with Crippen molar-refractivity contribution in [3.8, 4) is 0 Å². The van der Waals surface area contributed by atoms with Gasteiger partial charge in [-0.1, -0.05) is 45.2 Å². The Hall–Kier alpha value is -1.09. The van der Waals surface area contributed by atoms with E-state index in [4.69, 9.17) is 11.6 Å². The molecule has 1 aromatic heterocycles. The van der Waals surface area contributed by atoms with Crippen LogP contribution in [0.3, 0.4) is 0 Å². The van der Waals surface area contributed by atoms with Gasteiger partial charge in [0.2, 0.25) is 0 Å². The second kappa shape index (κ2) is 5.36. The summed E-state index contributed by atoms with van der Waals surface area (Å²) in [7, 11) is 0. The van der Waals surface area contributed by atoms with Crippen LogP contribution in [0.2, 0.25) is 5.15 Å². The molecule has 1 aromatic rings. The van der Waals surface area contributed by atoms with Gasteiger partial charge in [-0.05, 0) is 31.9 Å². The van der Waals surface area contributed by atoms with Gasteiger partial charge in [-0.2, -0.15) is 0 Å². The zero-order chi connectivity index (χ0) is 15.0. The fraction of sp³-hybridized carbons (Fsp3) is 0.625. The molecule has 1 N–H and O–H groups in total. The van der Waals surface area contributed by atoms with E-state index in [1.54, 1.807) is 6.07 Å². The molecule has 1 amide bonds. The molecule has 1 heterocycles. The number of pyridine rings is 1. The highest BCUT2D eigenvalue weighted by atomic mass is 35.5. The van der Waals surface area contributed by atoms with Crippen LogP contribution < -0.4 is 5.32 Å². The average molecular weight is 295 g/mol. The molecular formula is C16H23ClN2O. The maximum absolute atomic E-state index is 12.4. The maximum atomic E-state index is 12.4. The Morgan fingerprint density at radius 3 is 2.45 bits per heavy atom. The summed E-state index contributed by atoms with van der Waals surface area (Å²) in [5, 5.41) is 3.53. The molecule has 0 atom stereocenters. The van der Waals surface area contributed by atoms with Crippen LogP contribution in [-0.2, 0) is 5.41 Å². The number of hydrogen-bond donors (Lipinski definition) is 1. The summed E-state index contributed by atoms with van der Waals surface area (Å²) >= 11 is 6.06. The van der Waals surface area contributed by atoms with Gasteiger partial charge in [-0.25, -0.2) is 4.98 Å². The minimum Gasteiger partial charge on any atom is -0.347 e. The van der Waals surface area contributed by atoms with Crippen LogP contribution in [0.15, 0.2) is 12.1 Å². The van der Waals surface area contributed by atoms with Gasteiger partial charge >= 0.3 is 0 Å². The number of hydrogen-bond acceptors (Lipinski definition) is 2. The van der Waals surface area contributed by atoms with Gasteiger partial charge in [0, 0.05) is 22.2 Å². The van der Waals surface area contributed by atoms with Crippen LogP contribution in [-0.4, -0.2) is 16.4 Å². The molecule has 110 valence electrons. The van der Waals surface area contributed by atoms with Gasteiger partial charge in [0.1, 0.15) is 5.15 Å². The van der Waals surface area contributed by atoms with Crippen molar-refractivity contribution in [1.82, 2.24) is 10.3 Å². The van der Waals surface area contributed by atoms with E-state index < -0.39 is 0 Å². The summed E-state index contributed by atoms with van der Waals surface area (Å²) in [6.45, 7) is 8.30. The van der Waals surface area contributed by atoms with Crippen molar-refractivity contribution in [1.29, 1.82) is 0 Å². The van der Waals surface area contributed by atoms with Crippen molar-refractivity contribution in [3.05, 3.63) is 28.5 Å². The third kappa shape index (κ3) is 3.51. The van der Waals surface area contributed by atoms with Crippen LogP contribution >= 0.6 is 11.6 Å². The summed E-state index contributed by atoms with van der Waals surface area (Å²) in [5.74, 6) is -0.0517. The summed E-state index contributed by atoms with van der Waals surface area (Å²) in [6.07, 6.45) is 4.45. The number of rotatable bonds is 2. The summed E-state index contributed by atoms with van der Waals surface area (Å²) in [4.78, 5) is 16.8. The van der Waals surface area contributed by atoms with Gasteiger partial charge in [-0.3, -0.25) is 4.79 Å². The molecular weight excluding hydrogens is 272 g/mol. The summed E-state index contributed by atoms with van der Waals surface area (Å²) in [5.41, 5.74) is 1.24. The summed E-state index contributed by atoms with van der Waals surface area (Å²) < 4.78 is 0. The molecule has 3 nitrogen and oxygen atoms in total. The smallest absolute Gasteiger partial charge is 0.251 e. The van der Waals surface area contributed by atoms with E-state index in [-0.39, 0.29) is 16.9 Å². The Labute approximate surface area is 126 Å². The lowest BCUT2D eigenvalue weighted by molar-refractivity contribution is 0.0908. The molecule has 0 saturated heterocycles. The fourth-order valence-corrected chi connectivity index (χ4v) is 2.85. The lowest BCUT2D eigenvalue weighted by Crippen LogP contribution is -2.43. The zero-order valence-corrected chi connectivity index (χ0v) is 13.5. The van der Waals surface area contributed by atoms with Crippen molar-refractivity contribution in [2.45, 2.75) is 64.3 Å². The van der Waals surface area contributed by atoms with Crippen molar-refractivity contribution < 1.29 is 4.79 Å². The first-order chi connectivity index (χ1) is 9.20. The lowest BCUT2D eigenvalue weighted by atomic mass is 9.90. The quantitative estimate of drug-likeness (QED) is 0.835. The lowest BCUT2D eigenvalue weighted by Gasteiger charge is -2.26. The first kappa shape index (κ1) is 15.3. The number of amides is 1. The number of carbonyl (C=O) groups excluding carboxylic acids is 1. The number of nitrogens with zero attached hydrogens (tertiary/aromatic N) is 1. The van der Waals surface area contributed by atoms with E-state index in [0.717, 1.165) is 18.5 Å². The first-order valence-electron chi connectivity index (χ1n) is 7.20. The third-order valence-electron chi connectivity index (χ3n) is 3.95. The van der Waals surface area contributed by atoms with E-state index in [2.05, 4.69) is 38.0 Å². The predicted octanol–water partition coefficient (Wildman–Crippen LogP) is 4.10. The minimum absolute atomic E-state index is 0.0517. The number of carbonyl (C=O) groups is 1. The van der Waals surface area contributed by atoms with Crippen LogP contribution in [0, 0.1) is 0 Å². The van der Waals surface area contributed by atoms with Gasteiger partial charge < -0.3 is 5.32 Å². The van der Waals surface area contributed by atoms with Crippen LogP contribution in [0.25, 0.3) is 0 Å². The largest absolute Gasteiger partial charge is 0.347 e. The molecule has 4 heteroatoms. The molecule has 2 rings (SSSR count). The monoisotopic (exact) mass is 294 g/mol. The Morgan fingerprint density at radius 2 is 1.90 bits per heavy atom. The van der Waals surface area contributed by atoms with Crippen molar-refractivity contribution in [2.24, 2.45) is 0 Å². The highest BCUT2D eigenvalue weighted by molar-refractivity contribution is 6.29. The highest BCUT2D eigenvalue weighted by Crippen LogP contribution is 2.29. The van der Waals surface area contributed by atoms with Crippen molar-refractivity contribution >= 4 is 17.5 Å². The normalized spacial score (nSPS) is 18.1. The molecule has 0 aromatic carbocycles. The molecule has 1 aliphatic carbocycles. The van der Waals surface area contributed by atoms with Gasteiger partial charge in [0.15, 0.2) is 0 Å². The topological polar surface area (TPSA) is 42.0 Å². The standard InChI is InChI=1S/C16H23ClN2O/c1-15(2,3)12-9-11(10-13(17)18-12)14(20)19-16(4)7-5-6-8-16/h9-10H,5-8H2,1-4H3,(H,19,20). The molecule has 1 aliphatic rings. The maximum Gasteiger partial charge on any atom is 0.251 e. The number of halogens is 1. The minimum atomic E-state index is -0.128. The van der Waals surface area contributed by atoms with Gasteiger partial charge in [0.25, 0.3) is 5.91 Å². The van der Waals surface area contributed by atoms with Crippen molar-refractivity contribution in [3.63, 3.8) is 0 Å². The van der Waals surface area contributed by atoms with Crippen LogP contribution in [0.4, 0.5) is 0 Å². The molecule has 1 saturated carbocycles. The molecule has 1 fully saturated rings. The second-order valence-electron chi connectivity index (χ2n) is 7.04. The first-order valence-corrected chi connectivity index (χ1v) is 7.58. The van der Waals surface area contributed by atoms with E-state index in [0.29, 0.717) is 10.7 Å². The molecule has 0 unspecified atom stereocenters. The van der Waals surface area contributed by atoms with Gasteiger partial charge in [-0.15, -0.1) is 0 Å². The summed E-state index contributed by atoms with van der Waals surface area (Å²) in [6, 6.07) is 3.49. The van der Waals surface area contributed by atoms with E-state index in [1.165, 1.54) is 12.8 Å².